The van der Waals surface area contributed by atoms with Crippen LogP contribution in [0.25, 0.3) is 0 Å². The Kier molecular flexibility index (Phi) is 8.53. The third-order valence-electron chi connectivity index (χ3n) is 5.14. The highest BCUT2D eigenvalue weighted by Crippen LogP contribution is 2.21. The number of ether oxygens (including phenoxy) is 1. The summed E-state index contributed by atoms with van der Waals surface area (Å²) in [5.74, 6) is 3.48. The predicted octanol–water partition coefficient (Wildman–Crippen LogP) is 3.24. The van der Waals surface area contributed by atoms with Crippen LogP contribution in [0.2, 0.25) is 0 Å². The zero-order chi connectivity index (χ0) is 19.2. The lowest BCUT2D eigenvalue weighted by atomic mass is 10.1. The third-order valence-corrected chi connectivity index (χ3v) is 5.14. The van der Waals surface area contributed by atoms with E-state index in [1.807, 2.05) is 24.6 Å². The molecule has 3 rings (SSSR count). The van der Waals surface area contributed by atoms with Gasteiger partial charge in [-0.3, -0.25) is 0 Å². The molecule has 0 atom stereocenters. The lowest BCUT2D eigenvalue weighted by Crippen LogP contribution is -2.42. The summed E-state index contributed by atoms with van der Waals surface area (Å²) in [6.07, 6.45) is 4.94. The number of halogens is 1. The Hall–Kier alpha value is -1.84. The fraction of sp³-hybridized carbons (Fsp3) is 0.550. The molecule has 1 saturated carbocycles. The Morgan fingerprint density at radius 1 is 1.25 bits per heavy atom. The second kappa shape index (κ2) is 10.6. The lowest BCUT2D eigenvalue weighted by molar-refractivity contribution is 0.409. The molecule has 0 aliphatic heterocycles. The molecule has 1 aliphatic carbocycles. The predicted molar refractivity (Wildman–Crippen MR) is 122 cm³/mol. The molecule has 1 aromatic heterocycles. The summed E-state index contributed by atoms with van der Waals surface area (Å²) in [6.45, 7) is 5.16. The van der Waals surface area contributed by atoms with Gasteiger partial charge in [-0.15, -0.1) is 34.2 Å². The molecular weight excluding hydrogens is 467 g/mol. The molecule has 0 spiro atoms. The first-order chi connectivity index (χ1) is 13.1. The van der Waals surface area contributed by atoms with Crippen LogP contribution < -0.4 is 15.4 Å². The maximum Gasteiger partial charge on any atom is 0.192 e. The average Bonchev–Trinajstić information content (AvgIpc) is 3.29. The van der Waals surface area contributed by atoms with Crippen LogP contribution in [0.15, 0.2) is 23.2 Å². The van der Waals surface area contributed by atoms with Crippen molar-refractivity contribution < 1.29 is 4.74 Å². The smallest absolute Gasteiger partial charge is 0.192 e. The standard InChI is InChI=1S/C20H30N6O.HI/c1-14-9-10-16(18(11-14)27-4)12-21-20(23-17-7-5-6-8-17)22-13-19-25-24-15(2)26(19)3;/h9-11,17H,5-8,12-13H2,1-4H3,(H2,21,22,23);1H. The SMILES string of the molecule is COc1cc(C)ccc1CN=C(NCc1nnc(C)n1C)NC1CCCC1.I. The number of benzene rings is 1. The summed E-state index contributed by atoms with van der Waals surface area (Å²) in [5.41, 5.74) is 2.25. The van der Waals surface area contributed by atoms with E-state index in [0.717, 1.165) is 28.9 Å². The van der Waals surface area contributed by atoms with Crippen molar-refractivity contribution >= 4 is 29.9 Å². The lowest BCUT2D eigenvalue weighted by Gasteiger charge is -2.17. The van der Waals surface area contributed by atoms with E-state index in [9.17, 15) is 0 Å². The first kappa shape index (κ1) is 22.4. The van der Waals surface area contributed by atoms with E-state index in [1.54, 1.807) is 7.11 Å². The van der Waals surface area contributed by atoms with Crippen molar-refractivity contribution in [1.82, 2.24) is 25.4 Å². The van der Waals surface area contributed by atoms with E-state index < -0.39 is 0 Å². The second-order valence-electron chi connectivity index (χ2n) is 7.18. The molecular formula is C20H31IN6O. The summed E-state index contributed by atoms with van der Waals surface area (Å²) in [5, 5.41) is 15.3. The van der Waals surface area contributed by atoms with Gasteiger partial charge < -0.3 is 19.9 Å². The van der Waals surface area contributed by atoms with Gasteiger partial charge in [-0.25, -0.2) is 4.99 Å². The van der Waals surface area contributed by atoms with Crippen molar-refractivity contribution in [3.8, 4) is 5.75 Å². The van der Waals surface area contributed by atoms with Gasteiger partial charge in [0, 0.05) is 18.7 Å². The molecule has 1 fully saturated rings. The first-order valence-corrected chi connectivity index (χ1v) is 9.60. The fourth-order valence-electron chi connectivity index (χ4n) is 3.33. The Morgan fingerprint density at radius 3 is 2.64 bits per heavy atom. The number of rotatable bonds is 6. The van der Waals surface area contributed by atoms with Gasteiger partial charge >= 0.3 is 0 Å². The molecule has 2 aromatic rings. The van der Waals surface area contributed by atoms with Crippen LogP contribution in [0.1, 0.15) is 48.5 Å². The van der Waals surface area contributed by atoms with Crippen molar-refractivity contribution in [2.24, 2.45) is 12.0 Å². The van der Waals surface area contributed by atoms with Gasteiger partial charge in [0.2, 0.25) is 0 Å². The number of aliphatic imine (C=N–C) groups is 1. The van der Waals surface area contributed by atoms with E-state index in [4.69, 9.17) is 9.73 Å². The maximum absolute atomic E-state index is 5.51. The highest BCUT2D eigenvalue weighted by Gasteiger charge is 2.17. The average molecular weight is 498 g/mol. The molecule has 1 heterocycles. The first-order valence-electron chi connectivity index (χ1n) is 9.60. The molecule has 0 saturated heterocycles. The maximum atomic E-state index is 5.51. The van der Waals surface area contributed by atoms with Crippen molar-refractivity contribution in [2.75, 3.05) is 7.11 Å². The molecule has 28 heavy (non-hydrogen) atoms. The fourth-order valence-corrected chi connectivity index (χ4v) is 3.33. The van der Waals surface area contributed by atoms with E-state index >= 15 is 0 Å². The second-order valence-corrected chi connectivity index (χ2v) is 7.18. The van der Waals surface area contributed by atoms with Crippen molar-refractivity contribution in [2.45, 2.75) is 58.7 Å². The molecule has 0 amide bonds. The molecule has 1 aliphatic rings. The van der Waals surface area contributed by atoms with E-state index in [-0.39, 0.29) is 24.0 Å². The molecule has 2 N–H and O–H groups in total. The number of hydrogen-bond acceptors (Lipinski definition) is 4. The molecule has 1 aromatic carbocycles. The van der Waals surface area contributed by atoms with Crippen LogP contribution in [0.5, 0.6) is 5.75 Å². The van der Waals surface area contributed by atoms with Crippen LogP contribution >= 0.6 is 24.0 Å². The van der Waals surface area contributed by atoms with Gasteiger partial charge in [-0.1, -0.05) is 25.0 Å². The minimum Gasteiger partial charge on any atom is -0.496 e. The third kappa shape index (κ3) is 5.83. The van der Waals surface area contributed by atoms with E-state index in [0.29, 0.717) is 19.1 Å². The van der Waals surface area contributed by atoms with Crippen molar-refractivity contribution in [3.05, 3.63) is 41.0 Å². The summed E-state index contributed by atoms with van der Waals surface area (Å²) >= 11 is 0. The Bertz CT molecular complexity index is 798. The van der Waals surface area contributed by atoms with Crippen molar-refractivity contribution in [3.63, 3.8) is 0 Å². The summed E-state index contributed by atoms with van der Waals surface area (Å²) < 4.78 is 7.50. The minimum absolute atomic E-state index is 0. The molecule has 7 nitrogen and oxygen atoms in total. The van der Waals surface area contributed by atoms with Crippen LogP contribution in [0.3, 0.4) is 0 Å². The zero-order valence-electron chi connectivity index (χ0n) is 17.2. The Morgan fingerprint density at radius 2 is 2.00 bits per heavy atom. The number of nitrogens with zero attached hydrogens (tertiary/aromatic N) is 4. The number of nitrogens with one attached hydrogen (secondary N) is 2. The number of methoxy groups -OCH3 is 1. The number of aryl methyl sites for hydroxylation is 2. The molecule has 0 unspecified atom stereocenters. The molecule has 0 bridgehead atoms. The van der Waals surface area contributed by atoms with Crippen LogP contribution in [0, 0.1) is 13.8 Å². The van der Waals surface area contributed by atoms with E-state index in [2.05, 4.69) is 39.9 Å². The normalized spacial score (nSPS) is 14.6. The van der Waals surface area contributed by atoms with Crippen LogP contribution in [-0.4, -0.2) is 33.9 Å². The zero-order valence-corrected chi connectivity index (χ0v) is 19.5. The number of guanidine groups is 1. The van der Waals surface area contributed by atoms with Gasteiger partial charge in [0.1, 0.15) is 11.6 Å². The van der Waals surface area contributed by atoms with Gasteiger partial charge in [-0.2, -0.15) is 0 Å². The topological polar surface area (TPSA) is 76.4 Å². The molecule has 0 radical (unpaired) electrons. The van der Waals surface area contributed by atoms with Crippen LogP contribution in [0.4, 0.5) is 0 Å². The summed E-state index contributed by atoms with van der Waals surface area (Å²) in [7, 11) is 3.68. The van der Waals surface area contributed by atoms with Gasteiger partial charge in [0.15, 0.2) is 11.8 Å². The minimum atomic E-state index is 0. The van der Waals surface area contributed by atoms with Crippen LogP contribution in [-0.2, 0) is 20.1 Å². The quantitative estimate of drug-likeness (QED) is 0.364. The monoisotopic (exact) mass is 498 g/mol. The number of aromatic nitrogens is 3. The van der Waals surface area contributed by atoms with Crippen molar-refractivity contribution in [1.29, 1.82) is 0 Å². The molecule has 8 heteroatoms. The van der Waals surface area contributed by atoms with Gasteiger partial charge in [0.05, 0.1) is 20.2 Å². The Labute approximate surface area is 184 Å². The van der Waals surface area contributed by atoms with E-state index in [1.165, 1.54) is 31.2 Å². The van der Waals surface area contributed by atoms with Gasteiger partial charge in [-0.05, 0) is 38.3 Å². The number of hydrogen-bond donors (Lipinski definition) is 2. The summed E-state index contributed by atoms with van der Waals surface area (Å²) in [6, 6.07) is 6.70. The largest absolute Gasteiger partial charge is 0.496 e. The highest BCUT2D eigenvalue weighted by molar-refractivity contribution is 14.0. The Balaban J connectivity index is 0.00000280. The highest BCUT2D eigenvalue weighted by atomic mass is 127. The summed E-state index contributed by atoms with van der Waals surface area (Å²) in [4.78, 5) is 4.80. The molecule has 154 valence electrons. The van der Waals surface area contributed by atoms with Gasteiger partial charge in [0.25, 0.3) is 0 Å².